The molecular weight excluding hydrogens is 341 g/mol. The van der Waals surface area contributed by atoms with Gasteiger partial charge in [-0.1, -0.05) is 42.5 Å². The first kappa shape index (κ1) is 19.5. The van der Waals surface area contributed by atoms with Gasteiger partial charge in [-0.25, -0.2) is 4.39 Å². The van der Waals surface area contributed by atoms with Crippen molar-refractivity contribution in [3.63, 3.8) is 0 Å². The number of likely N-dealkylation sites (N-methyl/N-ethyl adjacent to an activating group) is 1. The summed E-state index contributed by atoms with van der Waals surface area (Å²) in [6.07, 6.45) is 1.03. The number of hydrogen-bond donors (Lipinski definition) is 1. The van der Waals surface area contributed by atoms with Crippen molar-refractivity contribution in [2.75, 3.05) is 39.8 Å². The number of hydrogen-bond acceptors (Lipinski definition) is 3. The van der Waals surface area contributed by atoms with Crippen molar-refractivity contribution in [1.82, 2.24) is 15.1 Å². The van der Waals surface area contributed by atoms with Crippen LogP contribution in [0.1, 0.15) is 23.6 Å². The van der Waals surface area contributed by atoms with Crippen molar-refractivity contribution in [3.05, 3.63) is 71.5 Å². The average Bonchev–Trinajstić information content (AvgIpc) is 2.70. The molecule has 3 rings (SSSR count). The monoisotopic (exact) mass is 369 g/mol. The van der Waals surface area contributed by atoms with Crippen LogP contribution in [0.2, 0.25) is 0 Å². The number of rotatable bonds is 7. The first-order valence-electron chi connectivity index (χ1n) is 9.60. The number of nitrogens with zero attached hydrogens (tertiary/aromatic N) is 2. The minimum absolute atomic E-state index is 0.0365. The van der Waals surface area contributed by atoms with E-state index in [-0.39, 0.29) is 17.8 Å². The predicted molar refractivity (Wildman–Crippen MR) is 106 cm³/mol. The number of nitrogens with one attached hydrogen (secondary N) is 1. The molecule has 5 heteroatoms. The van der Waals surface area contributed by atoms with Crippen LogP contribution in [0.5, 0.6) is 0 Å². The highest BCUT2D eigenvalue weighted by Crippen LogP contribution is 2.21. The molecule has 144 valence electrons. The van der Waals surface area contributed by atoms with Crippen LogP contribution in [0.3, 0.4) is 0 Å². The molecule has 2 aromatic rings. The summed E-state index contributed by atoms with van der Waals surface area (Å²) < 4.78 is 13.0. The summed E-state index contributed by atoms with van der Waals surface area (Å²) in [5.74, 6) is -0.213. The fourth-order valence-corrected chi connectivity index (χ4v) is 3.47. The Labute approximate surface area is 161 Å². The van der Waals surface area contributed by atoms with Gasteiger partial charge >= 0.3 is 0 Å². The van der Waals surface area contributed by atoms with E-state index in [9.17, 15) is 9.18 Å². The summed E-state index contributed by atoms with van der Waals surface area (Å²) in [5.41, 5.74) is 2.21. The van der Waals surface area contributed by atoms with E-state index in [4.69, 9.17) is 0 Å². The van der Waals surface area contributed by atoms with Crippen LogP contribution in [0.25, 0.3) is 0 Å². The molecule has 0 aliphatic carbocycles. The smallest absolute Gasteiger partial charge is 0.220 e. The molecule has 1 unspecified atom stereocenters. The second-order valence-corrected chi connectivity index (χ2v) is 7.20. The van der Waals surface area contributed by atoms with Gasteiger partial charge in [-0.3, -0.25) is 9.69 Å². The van der Waals surface area contributed by atoms with Crippen LogP contribution in [0.15, 0.2) is 54.6 Å². The zero-order valence-electron chi connectivity index (χ0n) is 15.9. The zero-order valence-corrected chi connectivity index (χ0v) is 15.9. The maximum absolute atomic E-state index is 13.0. The van der Waals surface area contributed by atoms with Gasteiger partial charge in [-0.15, -0.1) is 0 Å². The van der Waals surface area contributed by atoms with Crippen molar-refractivity contribution < 1.29 is 9.18 Å². The molecule has 1 N–H and O–H groups in total. The lowest BCUT2D eigenvalue weighted by Crippen LogP contribution is -2.48. The minimum Gasteiger partial charge on any atom is -0.354 e. The maximum atomic E-state index is 13.0. The average molecular weight is 369 g/mol. The molecule has 1 heterocycles. The number of carbonyl (C=O) groups excluding carboxylic acids is 1. The molecule has 0 spiro atoms. The van der Waals surface area contributed by atoms with Crippen LogP contribution < -0.4 is 5.32 Å². The Balaban J connectivity index is 1.55. The zero-order chi connectivity index (χ0) is 19.1. The van der Waals surface area contributed by atoms with Gasteiger partial charge in [0.2, 0.25) is 5.91 Å². The number of amides is 1. The molecule has 2 aromatic carbocycles. The van der Waals surface area contributed by atoms with Crippen molar-refractivity contribution >= 4 is 5.91 Å². The summed E-state index contributed by atoms with van der Waals surface area (Å²) in [6.45, 7) is 4.70. The lowest BCUT2D eigenvalue weighted by molar-refractivity contribution is -0.121. The first-order valence-corrected chi connectivity index (χ1v) is 9.60. The van der Waals surface area contributed by atoms with Gasteiger partial charge in [0.05, 0.1) is 6.04 Å². The predicted octanol–water partition coefficient (Wildman–Crippen LogP) is 2.86. The Kier molecular flexibility index (Phi) is 6.96. The normalized spacial score (nSPS) is 16.8. The number of halogens is 1. The number of aryl methyl sites for hydroxylation is 1. The summed E-state index contributed by atoms with van der Waals surface area (Å²) >= 11 is 0. The summed E-state index contributed by atoms with van der Waals surface area (Å²) in [7, 11) is 2.14. The fourth-order valence-electron chi connectivity index (χ4n) is 3.47. The molecule has 1 saturated heterocycles. The highest BCUT2D eigenvalue weighted by Gasteiger charge is 2.24. The number of carbonyl (C=O) groups is 1. The SMILES string of the molecule is CN1CCN(C(CNC(=O)CCc2ccc(F)cc2)c2ccccc2)CC1. The third-order valence-corrected chi connectivity index (χ3v) is 5.21. The van der Waals surface area contributed by atoms with Gasteiger partial charge < -0.3 is 10.2 Å². The second kappa shape index (κ2) is 9.62. The van der Waals surface area contributed by atoms with Crippen molar-refractivity contribution in [1.29, 1.82) is 0 Å². The molecule has 1 fully saturated rings. The largest absolute Gasteiger partial charge is 0.354 e. The van der Waals surface area contributed by atoms with Crippen molar-refractivity contribution in [2.24, 2.45) is 0 Å². The Morgan fingerprint density at radius 2 is 1.70 bits per heavy atom. The second-order valence-electron chi connectivity index (χ2n) is 7.20. The van der Waals surface area contributed by atoms with Crippen LogP contribution in [0.4, 0.5) is 4.39 Å². The van der Waals surface area contributed by atoms with Crippen molar-refractivity contribution in [2.45, 2.75) is 18.9 Å². The van der Waals surface area contributed by atoms with Gasteiger partial charge in [0.15, 0.2) is 0 Å². The van der Waals surface area contributed by atoms with E-state index in [2.05, 4.69) is 46.4 Å². The van der Waals surface area contributed by atoms with E-state index in [1.165, 1.54) is 17.7 Å². The molecule has 1 aliphatic heterocycles. The van der Waals surface area contributed by atoms with Crippen molar-refractivity contribution in [3.8, 4) is 0 Å². The van der Waals surface area contributed by atoms with E-state index in [1.807, 2.05) is 6.07 Å². The van der Waals surface area contributed by atoms with Crippen LogP contribution >= 0.6 is 0 Å². The van der Waals surface area contributed by atoms with Gasteiger partial charge in [-0.05, 0) is 36.7 Å². The molecule has 4 nitrogen and oxygen atoms in total. The van der Waals surface area contributed by atoms with Gasteiger partial charge in [0.25, 0.3) is 0 Å². The summed E-state index contributed by atoms with van der Waals surface area (Å²) in [4.78, 5) is 17.1. The van der Waals surface area contributed by atoms with E-state index >= 15 is 0 Å². The highest BCUT2D eigenvalue weighted by atomic mass is 19.1. The molecule has 0 radical (unpaired) electrons. The standard InChI is InChI=1S/C22H28FN3O/c1-25-13-15-26(16-14-25)21(19-5-3-2-4-6-19)17-24-22(27)12-9-18-7-10-20(23)11-8-18/h2-8,10-11,21H,9,12-17H2,1H3,(H,24,27). The lowest BCUT2D eigenvalue weighted by atomic mass is 10.0. The van der Waals surface area contributed by atoms with Crippen LogP contribution in [-0.4, -0.2) is 55.5 Å². The molecule has 1 aliphatic rings. The lowest BCUT2D eigenvalue weighted by Gasteiger charge is -2.38. The molecule has 0 bridgehead atoms. The quantitative estimate of drug-likeness (QED) is 0.815. The third-order valence-electron chi connectivity index (χ3n) is 5.21. The molecular formula is C22H28FN3O. The maximum Gasteiger partial charge on any atom is 0.220 e. The highest BCUT2D eigenvalue weighted by molar-refractivity contribution is 5.76. The van der Waals surface area contributed by atoms with E-state index in [1.54, 1.807) is 12.1 Å². The Bertz CT molecular complexity index is 712. The Morgan fingerprint density at radius 1 is 1.04 bits per heavy atom. The van der Waals surface area contributed by atoms with E-state index in [0.717, 1.165) is 31.7 Å². The molecule has 27 heavy (non-hydrogen) atoms. The van der Waals surface area contributed by atoms with Crippen LogP contribution in [-0.2, 0) is 11.2 Å². The Morgan fingerprint density at radius 3 is 2.37 bits per heavy atom. The van der Waals surface area contributed by atoms with E-state index in [0.29, 0.717) is 19.4 Å². The topological polar surface area (TPSA) is 35.6 Å². The number of piperazine rings is 1. The minimum atomic E-state index is -0.249. The molecule has 1 atom stereocenters. The first-order chi connectivity index (χ1) is 13.1. The molecule has 0 aromatic heterocycles. The summed E-state index contributed by atoms with van der Waals surface area (Å²) in [6, 6.07) is 16.9. The van der Waals surface area contributed by atoms with Gasteiger partial charge in [-0.2, -0.15) is 0 Å². The fraction of sp³-hybridized carbons (Fsp3) is 0.409. The van der Waals surface area contributed by atoms with Gasteiger partial charge in [0, 0.05) is 39.1 Å². The molecule has 1 amide bonds. The Hall–Kier alpha value is -2.24. The van der Waals surface area contributed by atoms with Crippen LogP contribution in [0, 0.1) is 5.82 Å². The third kappa shape index (κ3) is 5.88. The van der Waals surface area contributed by atoms with E-state index < -0.39 is 0 Å². The molecule has 0 saturated carbocycles. The van der Waals surface area contributed by atoms with Gasteiger partial charge in [0.1, 0.15) is 5.82 Å². The number of benzene rings is 2. The summed E-state index contributed by atoms with van der Waals surface area (Å²) in [5, 5.41) is 3.10.